The van der Waals surface area contributed by atoms with E-state index in [2.05, 4.69) is 35.9 Å². The number of aryl methyl sites for hydroxylation is 1. The highest BCUT2D eigenvalue weighted by Crippen LogP contribution is 2.33. The monoisotopic (exact) mass is 192 g/mol. The summed E-state index contributed by atoms with van der Waals surface area (Å²) in [7, 11) is 0. The molecule has 14 heavy (non-hydrogen) atoms. The van der Waals surface area contributed by atoms with E-state index < -0.39 is 0 Å². The fourth-order valence-corrected chi connectivity index (χ4v) is 2.51. The maximum Gasteiger partial charge on any atom is 0.0593 e. The Morgan fingerprint density at radius 2 is 2.36 bits per heavy atom. The van der Waals surface area contributed by atoms with Gasteiger partial charge in [0.1, 0.15) is 0 Å². The van der Waals surface area contributed by atoms with Gasteiger partial charge in [-0.05, 0) is 31.7 Å². The Morgan fingerprint density at radius 1 is 1.50 bits per heavy atom. The third-order valence-electron chi connectivity index (χ3n) is 3.45. The van der Waals surface area contributed by atoms with Crippen molar-refractivity contribution in [3.8, 4) is 0 Å². The first kappa shape index (κ1) is 9.75. The zero-order chi connectivity index (χ0) is 9.97. The molecule has 1 aliphatic carbocycles. The molecule has 1 aromatic rings. The number of hydrogen-bond acceptors (Lipinski definition) is 1. The smallest absolute Gasteiger partial charge is 0.0593 e. The van der Waals surface area contributed by atoms with Crippen LogP contribution in [0.3, 0.4) is 0 Å². The van der Waals surface area contributed by atoms with Gasteiger partial charge in [-0.1, -0.05) is 26.2 Å². The molecule has 0 N–H and O–H groups in total. The molecule has 0 spiro atoms. The van der Waals surface area contributed by atoms with Crippen LogP contribution in [0.4, 0.5) is 0 Å². The molecular formula is C12H20N2. The molecule has 0 amide bonds. The van der Waals surface area contributed by atoms with Gasteiger partial charge < -0.3 is 0 Å². The van der Waals surface area contributed by atoms with Crippen molar-refractivity contribution in [1.82, 2.24) is 9.78 Å². The molecule has 0 aromatic carbocycles. The zero-order valence-electron chi connectivity index (χ0n) is 9.24. The molecule has 2 unspecified atom stereocenters. The molecule has 1 aliphatic rings. The number of hydrogen-bond donors (Lipinski definition) is 0. The highest BCUT2D eigenvalue weighted by atomic mass is 15.3. The van der Waals surface area contributed by atoms with Crippen LogP contribution in [-0.2, 0) is 0 Å². The summed E-state index contributed by atoms with van der Waals surface area (Å²) in [5, 5.41) is 4.52. The summed E-state index contributed by atoms with van der Waals surface area (Å²) in [5.41, 5.74) is 1.14. The van der Waals surface area contributed by atoms with Crippen molar-refractivity contribution in [2.75, 3.05) is 0 Å². The van der Waals surface area contributed by atoms with Gasteiger partial charge in [-0.3, -0.25) is 4.68 Å². The van der Waals surface area contributed by atoms with Crippen molar-refractivity contribution in [2.24, 2.45) is 5.92 Å². The van der Waals surface area contributed by atoms with E-state index in [1.165, 1.54) is 32.1 Å². The summed E-state index contributed by atoms with van der Waals surface area (Å²) >= 11 is 0. The van der Waals surface area contributed by atoms with E-state index in [0.717, 1.165) is 11.6 Å². The van der Waals surface area contributed by atoms with Crippen LogP contribution in [0, 0.1) is 12.8 Å². The Bertz CT molecular complexity index is 290. The van der Waals surface area contributed by atoms with Crippen LogP contribution in [0.25, 0.3) is 0 Å². The lowest BCUT2D eigenvalue weighted by molar-refractivity contribution is 0.247. The molecule has 0 radical (unpaired) electrons. The Balaban J connectivity index is 2.04. The maximum atomic E-state index is 4.52. The van der Waals surface area contributed by atoms with Crippen LogP contribution in [0.1, 0.15) is 50.8 Å². The van der Waals surface area contributed by atoms with Gasteiger partial charge in [-0.25, -0.2) is 0 Å². The average molecular weight is 192 g/mol. The van der Waals surface area contributed by atoms with Crippen LogP contribution >= 0.6 is 0 Å². The second-order valence-corrected chi connectivity index (χ2v) is 4.53. The quantitative estimate of drug-likeness (QED) is 0.702. The van der Waals surface area contributed by atoms with Crippen LogP contribution in [0.15, 0.2) is 12.3 Å². The van der Waals surface area contributed by atoms with Gasteiger partial charge in [0.05, 0.1) is 11.7 Å². The Kier molecular flexibility index (Phi) is 2.90. The van der Waals surface area contributed by atoms with E-state index >= 15 is 0 Å². The number of aromatic nitrogens is 2. The normalized spacial score (nSPS) is 27.9. The number of rotatable bonds is 2. The molecule has 1 aromatic heterocycles. The Labute approximate surface area is 86.3 Å². The second-order valence-electron chi connectivity index (χ2n) is 4.53. The molecule has 2 atom stereocenters. The van der Waals surface area contributed by atoms with E-state index in [9.17, 15) is 0 Å². The first-order chi connectivity index (χ1) is 6.79. The molecule has 0 saturated heterocycles. The fourth-order valence-electron chi connectivity index (χ4n) is 2.51. The molecule has 0 bridgehead atoms. The summed E-state index contributed by atoms with van der Waals surface area (Å²) in [6, 6.07) is 2.78. The van der Waals surface area contributed by atoms with Crippen molar-refractivity contribution in [3.63, 3.8) is 0 Å². The highest BCUT2D eigenvalue weighted by molar-refractivity contribution is 4.96. The fraction of sp³-hybridized carbons (Fsp3) is 0.750. The van der Waals surface area contributed by atoms with Gasteiger partial charge in [0, 0.05) is 6.20 Å². The predicted octanol–water partition coefficient (Wildman–Crippen LogP) is 3.33. The standard InChI is InChI=1S/C12H20N2/c1-3-11-5-4-6-12(9-11)14-8-7-10(2)13-14/h7-8,11-12H,3-6,9H2,1-2H3. The van der Waals surface area contributed by atoms with Gasteiger partial charge >= 0.3 is 0 Å². The van der Waals surface area contributed by atoms with Crippen molar-refractivity contribution in [3.05, 3.63) is 18.0 Å². The Morgan fingerprint density at radius 3 is 3.00 bits per heavy atom. The molecule has 0 aliphatic heterocycles. The van der Waals surface area contributed by atoms with Gasteiger partial charge in [0.15, 0.2) is 0 Å². The van der Waals surface area contributed by atoms with E-state index in [1.807, 2.05) is 0 Å². The first-order valence-electron chi connectivity index (χ1n) is 5.81. The van der Waals surface area contributed by atoms with E-state index in [4.69, 9.17) is 0 Å². The molecule has 1 saturated carbocycles. The summed E-state index contributed by atoms with van der Waals surface area (Å²) < 4.78 is 2.18. The first-order valence-corrected chi connectivity index (χ1v) is 5.81. The largest absolute Gasteiger partial charge is 0.269 e. The predicted molar refractivity (Wildman–Crippen MR) is 58.3 cm³/mol. The van der Waals surface area contributed by atoms with Gasteiger partial charge in [0.2, 0.25) is 0 Å². The average Bonchev–Trinajstić information content (AvgIpc) is 2.65. The third-order valence-corrected chi connectivity index (χ3v) is 3.45. The van der Waals surface area contributed by atoms with Crippen LogP contribution in [-0.4, -0.2) is 9.78 Å². The lowest BCUT2D eigenvalue weighted by atomic mass is 9.84. The maximum absolute atomic E-state index is 4.52. The third kappa shape index (κ3) is 1.99. The van der Waals surface area contributed by atoms with Crippen LogP contribution in [0.2, 0.25) is 0 Å². The van der Waals surface area contributed by atoms with E-state index in [1.54, 1.807) is 0 Å². The van der Waals surface area contributed by atoms with Crippen molar-refractivity contribution < 1.29 is 0 Å². The molecule has 2 nitrogen and oxygen atoms in total. The minimum Gasteiger partial charge on any atom is -0.269 e. The SMILES string of the molecule is CCC1CCCC(n2ccc(C)n2)C1. The van der Waals surface area contributed by atoms with Gasteiger partial charge in [-0.15, -0.1) is 0 Å². The zero-order valence-corrected chi connectivity index (χ0v) is 9.24. The van der Waals surface area contributed by atoms with Crippen molar-refractivity contribution in [1.29, 1.82) is 0 Å². The summed E-state index contributed by atoms with van der Waals surface area (Å²) in [6.07, 6.45) is 8.92. The Hall–Kier alpha value is -0.790. The van der Waals surface area contributed by atoms with E-state index in [-0.39, 0.29) is 0 Å². The van der Waals surface area contributed by atoms with Crippen molar-refractivity contribution >= 4 is 0 Å². The van der Waals surface area contributed by atoms with Gasteiger partial charge in [0.25, 0.3) is 0 Å². The van der Waals surface area contributed by atoms with Gasteiger partial charge in [-0.2, -0.15) is 5.10 Å². The summed E-state index contributed by atoms with van der Waals surface area (Å²) in [5.74, 6) is 0.929. The molecule has 1 heterocycles. The molecule has 2 heteroatoms. The van der Waals surface area contributed by atoms with E-state index in [0.29, 0.717) is 6.04 Å². The molecular weight excluding hydrogens is 172 g/mol. The van der Waals surface area contributed by atoms with Crippen molar-refractivity contribution in [2.45, 2.75) is 52.0 Å². The van der Waals surface area contributed by atoms with Crippen LogP contribution < -0.4 is 0 Å². The molecule has 1 fully saturated rings. The second kappa shape index (κ2) is 4.16. The minimum atomic E-state index is 0.669. The lowest BCUT2D eigenvalue weighted by Crippen LogP contribution is -2.19. The topological polar surface area (TPSA) is 17.8 Å². The van der Waals surface area contributed by atoms with Crippen LogP contribution in [0.5, 0.6) is 0 Å². The minimum absolute atomic E-state index is 0.669. The lowest BCUT2D eigenvalue weighted by Gasteiger charge is -2.28. The summed E-state index contributed by atoms with van der Waals surface area (Å²) in [4.78, 5) is 0. The number of nitrogens with zero attached hydrogens (tertiary/aromatic N) is 2. The summed E-state index contributed by atoms with van der Waals surface area (Å²) in [6.45, 7) is 4.37. The molecule has 2 rings (SSSR count). The molecule has 78 valence electrons. The highest BCUT2D eigenvalue weighted by Gasteiger charge is 2.22.